The Morgan fingerprint density at radius 1 is 1.13 bits per heavy atom. The van der Waals surface area contributed by atoms with Crippen LogP contribution >= 0.6 is 0 Å². The first-order valence-corrected chi connectivity index (χ1v) is 12.9. The highest BCUT2D eigenvalue weighted by atomic mass is 32.2. The topological polar surface area (TPSA) is 116 Å². The second-order valence-electron chi connectivity index (χ2n) is 6.94. The molecule has 0 radical (unpaired) electrons. The van der Waals surface area contributed by atoms with E-state index in [0.717, 1.165) is 17.0 Å². The van der Waals surface area contributed by atoms with Gasteiger partial charge < -0.3 is 19.7 Å². The molecule has 2 aromatic carbocycles. The van der Waals surface area contributed by atoms with Gasteiger partial charge in [0.05, 0.1) is 29.9 Å². The van der Waals surface area contributed by atoms with Crippen LogP contribution in [0.3, 0.4) is 0 Å². The SMILES string of the molecule is CC(O)COc1ccc(NC(=O)CC[S+](C)C)cc1.Cc1ccc(S(=O)(=O)[O-])cc1. The first kappa shape index (κ1) is 26.0. The Morgan fingerprint density at radius 2 is 1.70 bits per heavy atom. The van der Waals surface area contributed by atoms with E-state index in [2.05, 4.69) is 17.8 Å². The molecule has 166 valence electrons. The summed E-state index contributed by atoms with van der Waals surface area (Å²) >= 11 is 0. The molecule has 1 unspecified atom stereocenters. The summed E-state index contributed by atoms with van der Waals surface area (Å²) in [5, 5.41) is 12.0. The molecular formula is C21H29NO6S2. The number of nitrogens with one attached hydrogen (secondary N) is 1. The molecule has 1 atom stereocenters. The van der Waals surface area contributed by atoms with E-state index in [1.165, 1.54) is 12.1 Å². The molecular weight excluding hydrogens is 426 g/mol. The lowest BCUT2D eigenvalue weighted by Gasteiger charge is -2.09. The Balaban J connectivity index is 0.000000346. The van der Waals surface area contributed by atoms with Crippen molar-refractivity contribution in [1.29, 1.82) is 0 Å². The van der Waals surface area contributed by atoms with Gasteiger partial charge in [-0.3, -0.25) is 4.79 Å². The molecule has 1 amide bonds. The Labute approximate surface area is 181 Å². The monoisotopic (exact) mass is 455 g/mol. The molecule has 2 aromatic rings. The fraction of sp³-hybridized carbons (Fsp3) is 0.381. The fourth-order valence-electron chi connectivity index (χ4n) is 2.08. The van der Waals surface area contributed by atoms with Crippen molar-refractivity contribution in [3.8, 4) is 5.75 Å². The summed E-state index contributed by atoms with van der Waals surface area (Å²) in [6.45, 7) is 3.76. The number of aryl methyl sites for hydroxylation is 1. The minimum Gasteiger partial charge on any atom is -0.744 e. The highest BCUT2D eigenvalue weighted by molar-refractivity contribution is 7.95. The lowest BCUT2D eigenvalue weighted by atomic mass is 10.2. The Hall–Kier alpha value is -2.07. The quantitative estimate of drug-likeness (QED) is 0.467. The molecule has 0 aromatic heterocycles. The van der Waals surface area contributed by atoms with E-state index >= 15 is 0 Å². The lowest BCUT2D eigenvalue weighted by molar-refractivity contribution is -0.115. The van der Waals surface area contributed by atoms with Gasteiger partial charge in [0.2, 0.25) is 5.91 Å². The molecule has 0 aliphatic heterocycles. The average Bonchev–Trinajstić information content (AvgIpc) is 2.66. The van der Waals surface area contributed by atoms with Gasteiger partial charge in [-0.1, -0.05) is 17.7 Å². The standard InChI is InChI=1S/C14H21NO3S.C7H8O3S/c1-11(16)10-18-13-6-4-12(5-7-13)15-14(17)8-9-19(2)3;1-6-2-4-7(5-3-6)11(8,9)10/h4-7,11,16H,8-10H2,1-3H3;2-5H,1H3,(H,8,9,10). The molecule has 0 saturated heterocycles. The van der Waals surface area contributed by atoms with E-state index in [1.807, 2.05) is 6.92 Å². The molecule has 2 N–H and O–H groups in total. The highest BCUT2D eigenvalue weighted by Gasteiger charge is 2.08. The number of anilines is 1. The number of carbonyl (C=O) groups is 1. The number of amides is 1. The first-order valence-electron chi connectivity index (χ1n) is 9.25. The van der Waals surface area contributed by atoms with Crippen LogP contribution in [0.15, 0.2) is 53.4 Å². The predicted octanol–water partition coefficient (Wildman–Crippen LogP) is 2.55. The summed E-state index contributed by atoms with van der Waals surface area (Å²) in [6, 6.07) is 12.9. The molecule has 30 heavy (non-hydrogen) atoms. The maximum absolute atomic E-state index is 11.6. The smallest absolute Gasteiger partial charge is 0.229 e. The number of ether oxygens (including phenoxy) is 1. The molecule has 0 aliphatic carbocycles. The van der Waals surface area contributed by atoms with Crippen LogP contribution in [0, 0.1) is 6.92 Å². The number of hydrogen-bond donors (Lipinski definition) is 2. The molecule has 0 bridgehead atoms. The molecule has 0 saturated carbocycles. The van der Waals surface area contributed by atoms with Crippen LogP contribution in [0.1, 0.15) is 18.9 Å². The second kappa shape index (κ2) is 12.6. The summed E-state index contributed by atoms with van der Waals surface area (Å²) in [5.41, 5.74) is 1.69. The largest absolute Gasteiger partial charge is 0.744 e. The average molecular weight is 456 g/mol. The van der Waals surface area contributed by atoms with Crippen LogP contribution in [-0.2, 0) is 25.8 Å². The molecule has 0 fully saturated rings. The van der Waals surface area contributed by atoms with Gasteiger partial charge in [0.25, 0.3) is 0 Å². The summed E-state index contributed by atoms with van der Waals surface area (Å²) in [5.74, 6) is 1.64. The van der Waals surface area contributed by atoms with Crippen LogP contribution in [0.5, 0.6) is 5.75 Å². The van der Waals surface area contributed by atoms with E-state index in [9.17, 15) is 17.8 Å². The van der Waals surface area contributed by atoms with Crippen molar-refractivity contribution in [3.05, 3.63) is 54.1 Å². The van der Waals surface area contributed by atoms with Gasteiger partial charge in [-0.2, -0.15) is 0 Å². The third-order valence-corrected chi connectivity index (χ3v) is 5.55. The Kier molecular flexibility index (Phi) is 10.9. The van der Waals surface area contributed by atoms with Crippen molar-refractivity contribution in [1.82, 2.24) is 0 Å². The van der Waals surface area contributed by atoms with Crippen LogP contribution in [0.25, 0.3) is 0 Å². The van der Waals surface area contributed by atoms with Crippen molar-refractivity contribution in [2.24, 2.45) is 0 Å². The summed E-state index contributed by atoms with van der Waals surface area (Å²) in [4.78, 5) is 11.5. The number of hydrogen-bond acceptors (Lipinski definition) is 6. The summed E-state index contributed by atoms with van der Waals surface area (Å²) in [6.07, 6.45) is 4.32. The van der Waals surface area contributed by atoms with E-state index in [4.69, 9.17) is 9.84 Å². The number of aliphatic hydroxyl groups is 1. The maximum Gasteiger partial charge on any atom is 0.229 e. The van der Waals surface area contributed by atoms with Crippen LogP contribution < -0.4 is 10.1 Å². The van der Waals surface area contributed by atoms with Gasteiger partial charge in [0.1, 0.15) is 28.2 Å². The third-order valence-electron chi connectivity index (χ3n) is 3.68. The van der Waals surface area contributed by atoms with E-state index in [1.54, 1.807) is 43.3 Å². The van der Waals surface area contributed by atoms with E-state index in [-0.39, 0.29) is 17.4 Å². The first-order chi connectivity index (χ1) is 14.0. The number of aliphatic hydroxyl groups excluding tert-OH is 1. The van der Waals surface area contributed by atoms with Gasteiger partial charge in [-0.15, -0.1) is 0 Å². The minimum atomic E-state index is -4.27. The third kappa shape index (κ3) is 11.2. The maximum atomic E-state index is 11.6. The van der Waals surface area contributed by atoms with Crippen LogP contribution in [0.2, 0.25) is 0 Å². The van der Waals surface area contributed by atoms with Crippen molar-refractivity contribution in [3.63, 3.8) is 0 Å². The highest BCUT2D eigenvalue weighted by Crippen LogP contribution is 2.16. The number of rotatable bonds is 8. The van der Waals surface area contributed by atoms with Crippen molar-refractivity contribution < 1.29 is 27.6 Å². The van der Waals surface area contributed by atoms with E-state index < -0.39 is 16.2 Å². The van der Waals surface area contributed by atoms with E-state index in [0.29, 0.717) is 23.1 Å². The van der Waals surface area contributed by atoms with Gasteiger partial charge in [-0.05, 0) is 61.1 Å². The molecule has 0 heterocycles. The Bertz CT molecular complexity index is 879. The lowest BCUT2D eigenvalue weighted by Crippen LogP contribution is -2.16. The molecule has 2 rings (SSSR count). The van der Waals surface area contributed by atoms with Crippen molar-refractivity contribution in [2.45, 2.75) is 31.3 Å². The fourth-order valence-corrected chi connectivity index (χ4v) is 3.14. The number of benzene rings is 2. The summed E-state index contributed by atoms with van der Waals surface area (Å²) < 4.78 is 36.5. The molecule has 9 heteroatoms. The zero-order chi connectivity index (χ0) is 22.7. The zero-order valence-electron chi connectivity index (χ0n) is 17.6. The van der Waals surface area contributed by atoms with Gasteiger partial charge >= 0.3 is 0 Å². The van der Waals surface area contributed by atoms with Gasteiger partial charge in [0, 0.05) is 5.69 Å². The molecule has 0 aliphatic rings. The predicted molar refractivity (Wildman–Crippen MR) is 120 cm³/mol. The van der Waals surface area contributed by atoms with Crippen LogP contribution in [0.4, 0.5) is 5.69 Å². The van der Waals surface area contributed by atoms with Crippen LogP contribution in [-0.4, -0.2) is 55.0 Å². The van der Waals surface area contributed by atoms with Crippen molar-refractivity contribution >= 4 is 32.6 Å². The summed E-state index contributed by atoms with van der Waals surface area (Å²) in [7, 11) is -3.98. The van der Waals surface area contributed by atoms with Gasteiger partial charge in [-0.25, -0.2) is 8.42 Å². The van der Waals surface area contributed by atoms with Gasteiger partial charge in [0.15, 0.2) is 0 Å². The normalized spacial score (nSPS) is 12.0. The minimum absolute atomic E-state index is 0.0406. The van der Waals surface area contributed by atoms with Crippen molar-refractivity contribution in [2.75, 3.05) is 30.2 Å². The molecule has 7 nitrogen and oxygen atoms in total. The second-order valence-corrected chi connectivity index (χ2v) is 10.7. The zero-order valence-corrected chi connectivity index (χ0v) is 19.3. The number of carbonyl (C=O) groups excluding carboxylic acids is 1. The molecule has 0 spiro atoms. The Morgan fingerprint density at radius 3 is 2.17 bits per heavy atom.